The van der Waals surface area contributed by atoms with Crippen LogP contribution in [0.25, 0.3) is 10.9 Å². The second-order valence-electron chi connectivity index (χ2n) is 10.3. The van der Waals surface area contributed by atoms with E-state index in [9.17, 15) is 13.2 Å². The maximum absolute atomic E-state index is 13.8. The van der Waals surface area contributed by atoms with Crippen molar-refractivity contribution in [3.05, 3.63) is 53.2 Å². The first kappa shape index (κ1) is 28.1. The van der Waals surface area contributed by atoms with Crippen molar-refractivity contribution in [2.45, 2.75) is 25.3 Å². The van der Waals surface area contributed by atoms with Gasteiger partial charge >= 0.3 is 6.03 Å². The van der Waals surface area contributed by atoms with Crippen molar-refractivity contribution in [1.29, 1.82) is 0 Å². The summed E-state index contributed by atoms with van der Waals surface area (Å²) in [4.78, 5) is 21.0. The van der Waals surface area contributed by atoms with E-state index in [2.05, 4.69) is 4.98 Å². The molecule has 216 valence electrons. The molecule has 1 unspecified atom stereocenters. The third-order valence-corrected chi connectivity index (χ3v) is 8.59. The highest BCUT2D eigenvalue weighted by atomic mass is 32.2. The molecule has 1 N–H and O–H groups in total. The number of urea groups is 1. The van der Waals surface area contributed by atoms with Crippen LogP contribution in [0, 0.1) is 0 Å². The molecule has 0 saturated carbocycles. The molecule has 0 spiro atoms. The number of rotatable bonds is 9. The van der Waals surface area contributed by atoms with Gasteiger partial charge in [0.1, 0.15) is 12.4 Å². The van der Waals surface area contributed by atoms with Crippen LogP contribution in [0.1, 0.15) is 29.2 Å². The van der Waals surface area contributed by atoms with Crippen LogP contribution in [-0.4, -0.2) is 94.9 Å². The molecule has 11 heteroatoms. The van der Waals surface area contributed by atoms with Gasteiger partial charge in [-0.1, -0.05) is 0 Å². The van der Waals surface area contributed by atoms with Gasteiger partial charge in [-0.3, -0.25) is 0 Å². The number of H-pyrrole nitrogens is 1. The maximum Gasteiger partial charge on any atom is 0.320 e. The monoisotopic (exact) mass is 571 g/mol. The van der Waals surface area contributed by atoms with E-state index in [1.54, 1.807) is 14.2 Å². The smallest absolute Gasteiger partial charge is 0.320 e. The molecular formula is C29H37N3O7S. The van der Waals surface area contributed by atoms with Crippen LogP contribution >= 0.6 is 0 Å². The summed E-state index contributed by atoms with van der Waals surface area (Å²) in [5.74, 6) is 1.74. The number of morpholine rings is 1. The number of benzene rings is 2. The summed E-state index contributed by atoms with van der Waals surface area (Å²) in [6, 6.07) is 9.68. The minimum Gasteiger partial charge on any atom is -0.497 e. The van der Waals surface area contributed by atoms with E-state index < -0.39 is 9.84 Å². The van der Waals surface area contributed by atoms with E-state index in [1.807, 2.05) is 46.3 Å². The Hall–Kier alpha value is -3.44. The van der Waals surface area contributed by atoms with Gasteiger partial charge in [0.05, 0.1) is 39.2 Å². The molecule has 1 fully saturated rings. The second-order valence-corrected chi connectivity index (χ2v) is 12.5. The van der Waals surface area contributed by atoms with E-state index in [0.717, 1.165) is 39.8 Å². The first-order chi connectivity index (χ1) is 19.3. The molecule has 1 atom stereocenters. The average Bonchev–Trinajstić information content (AvgIpc) is 3.36. The van der Waals surface area contributed by atoms with Crippen LogP contribution in [0.2, 0.25) is 0 Å². The fourth-order valence-electron chi connectivity index (χ4n) is 5.54. The SMILES string of the molecule is COc1ccc2[nH]cc(CCC3c4cc(OCCS(C)(=O)=O)c(OC)cc4CCN3C(=O)N3CCOCC3)c2c1. The van der Waals surface area contributed by atoms with Crippen molar-refractivity contribution in [2.75, 3.05) is 65.7 Å². The molecule has 3 heterocycles. The molecule has 0 aliphatic carbocycles. The second kappa shape index (κ2) is 12.0. The topological polar surface area (TPSA) is 110 Å². The number of nitrogens with zero attached hydrogens (tertiary/aromatic N) is 2. The van der Waals surface area contributed by atoms with E-state index in [0.29, 0.717) is 57.2 Å². The summed E-state index contributed by atoms with van der Waals surface area (Å²) in [5, 5.41) is 1.10. The number of nitrogens with one attached hydrogen (secondary N) is 1. The number of aromatic amines is 1. The van der Waals surface area contributed by atoms with Crippen molar-refractivity contribution in [3.8, 4) is 17.2 Å². The summed E-state index contributed by atoms with van der Waals surface area (Å²) in [6.45, 7) is 2.82. The van der Waals surface area contributed by atoms with Crippen molar-refractivity contribution < 1.29 is 32.2 Å². The number of aromatic nitrogens is 1. The van der Waals surface area contributed by atoms with Crippen LogP contribution in [0.3, 0.4) is 0 Å². The maximum atomic E-state index is 13.8. The van der Waals surface area contributed by atoms with E-state index in [1.165, 1.54) is 6.26 Å². The number of sulfone groups is 1. The fourth-order valence-corrected chi connectivity index (χ4v) is 5.93. The molecule has 2 aliphatic rings. The van der Waals surface area contributed by atoms with Crippen molar-refractivity contribution >= 4 is 26.8 Å². The Morgan fingerprint density at radius 3 is 2.60 bits per heavy atom. The summed E-state index contributed by atoms with van der Waals surface area (Å²) in [7, 11) is 0.0550. The lowest BCUT2D eigenvalue weighted by molar-refractivity contribution is 0.0376. The zero-order valence-corrected chi connectivity index (χ0v) is 24.1. The normalized spacial score (nSPS) is 17.5. The van der Waals surface area contributed by atoms with Gasteiger partial charge in [-0.25, -0.2) is 13.2 Å². The largest absolute Gasteiger partial charge is 0.497 e. The Bertz CT molecular complexity index is 1460. The molecule has 2 aliphatic heterocycles. The number of carbonyl (C=O) groups is 1. The van der Waals surface area contributed by atoms with Crippen LogP contribution in [0.4, 0.5) is 4.79 Å². The zero-order chi connectivity index (χ0) is 28.3. The molecule has 10 nitrogen and oxygen atoms in total. The first-order valence-corrected chi connectivity index (χ1v) is 15.6. The number of ether oxygens (including phenoxy) is 4. The van der Waals surface area contributed by atoms with Gasteiger partial charge in [0.2, 0.25) is 0 Å². The number of methoxy groups -OCH3 is 2. The molecule has 40 heavy (non-hydrogen) atoms. The number of fused-ring (bicyclic) bond motifs is 2. The molecule has 0 radical (unpaired) electrons. The van der Waals surface area contributed by atoms with Gasteiger partial charge < -0.3 is 33.7 Å². The third-order valence-electron chi connectivity index (χ3n) is 7.68. The van der Waals surface area contributed by atoms with Gasteiger partial charge in [0, 0.05) is 43.0 Å². The van der Waals surface area contributed by atoms with Crippen molar-refractivity contribution in [2.24, 2.45) is 0 Å². The van der Waals surface area contributed by atoms with Gasteiger partial charge in [0.25, 0.3) is 0 Å². The van der Waals surface area contributed by atoms with Crippen LogP contribution in [0.5, 0.6) is 17.2 Å². The molecule has 2 amide bonds. The molecule has 3 aromatic rings. The lowest BCUT2D eigenvalue weighted by Crippen LogP contribution is -2.51. The number of hydrogen-bond acceptors (Lipinski definition) is 7. The van der Waals surface area contributed by atoms with Gasteiger partial charge in [-0.05, 0) is 66.3 Å². The highest BCUT2D eigenvalue weighted by molar-refractivity contribution is 7.90. The molecule has 1 saturated heterocycles. The van der Waals surface area contributed by atoms with Gasteiger partial charge in [0.15, 0.2) is 21.3 Å². The molecule has 5 rings (SSSR count). The summed E-state index contributed by atoms with van der Waals surface area (Å²) in [5.41, 5.74) is 4.29. The number of hydrogen-bond donors (Lipinski definition) is 1. The number of carbonyl (C=O) groups excluding carboxylic acids is 1. The van der Waals surface area contributed by atoms with Crippen LogP contribution in [0.15, 0.2) is 36.5 Å². The average molecular weight is 572 g/mol. The Labute approximate surface area is 235 Å². The van der Waals surface area contributed by atoms with E-state index >= 15 is 0 Å². The Morgan fingerprint density at radius 1 is 1.07 bits per heavy atom. The first-order valence-electron chi connectivity index (χ1n) is 13.6. The molecule has 0 bridgehead atoms. The predicted molar refractivity (Wildman–Crippen MR) is 152 cm³/mol. The molecular weight excluding hydrogens is 534 g/mol. The van der Waals surface area contributed by atoms with Gasteiger partial charge in [-0.15, -0.1) is 0 Å². The highest BCUT2D eigenvalue weighted by Crippen LogP contribution is 2.41. The Kier molecular flexibility index (Phi) is 8.41. The van der Waals surface area contributed by atoms with E-state index in [-0.39, 0.29) is 24.4 Å². The lowest BCUT2D eigenvalue weighted by atomic mass is 9.88. The number of amides is 2. The molecule has 1 aromatic heterocycles. The summed E-state index contributed by atoms with van der Waals surface area (Å²) < 4.78 is 45.8. The van der Waals surface area contributed by atoms with Crippen molar-refractivity contribution in [3.63, 3.8) is 0 Å². The third kappa shape index (κ3) is 6.15. The lowest BCUT2D eigenvalue weighted by Gasteiger charge is -2.41. The minimum absolute atomic E-state index is 0.00917. The standard InChI is InChI=1S/C29H37N3O7S/c1-36-22-5-6-25-23(17-22)21(19-30-25)4-7-26-24-18-28(39-14-15-40(3,34)35)27(37-2)16-20(24)8-9-32(26)29(33)31-10-12-38-13-11-31/h5-6,16-19,26,30H,4,7-15H2,1-3H3. The van der Waals surface area contributed by atoms with Crippen LogP contribution < -0.4 is 14.2 Å². The highest BCUT2D eigenvalue weighted by Gasteiger charge is 2.35. The van der Waals surface area contributed by atoms with Crippen LogP contribution in [-0.2, 0) is 27.4 Å². The quantitative estimate of drug-likeness (QED) is 0.418. The predicted octanol–water partition coefficient (Wildman–Crippen LogP) is 3.59. The fraction of sp³-hybridized carbons (Fsp3) is 0.483. The van der Waals surface area contributed by atoms with E-state index in [4.69, 9.17) is 18.9 Å². The summed E-state index contributed by atoms with van der Waals surface area (Å²) >= 11 is 0. The van der Waals surface area contributed by atoms with Gasteiger partial charge in [-0.2, -0.15) is 0 Å². The zero-order valence-electron chi connectivity index (χ0n) is 23.3. The Morgan fingerprint density at radius 2 is 1.88 bits per heavy atom. The minimum atomic E-state index is -3.18. The number of aryl methyl sites for hydroxylation is 1. The summed E-state index contributed by atoms with van der Waals surface area (Å²) in [6.07, 6.45) is 5.33. The molecule has 2 aromatic carbocycles. The van der Waals surface area contributed by atoms with Crippen molar-refractivity contribution in [1.82, 2.24) is 14.8 Å². The Balaban J connectivity index is 1.47.